The predicted molar refractivity (Wildman–Crippen MR) is 118 cm³/mol. The SMILES string of the molecule is CCCCCCCCCCCCCCCCCC(=O)OC(=O)CC[C@H](N)C(=O)O.[H-].[H-].[K+].[K+]. The largest absolute Gasteiger partial charge is 1.00 e. The van der Waals surface area contributed by atoms with Crippen molar-refractivity contribution in [2.75, 3.05) is 0 Å². The molecular weight excluding hydrogens is 448 g/mol. The minimum absolute atomic E-state index is 0. The molecule has 0 unspecified atom stereocenters. The number of esters is 2. The topological polar surface area (TPSA) is 107 Å². The fourth-order valence-electron chi connectivity index (χ4n) is 3.27. The molecule has 31 heavy (non-hydrogen) atoms. The maximum absolute atomic E-state index is 11.6. The van der Waals surface area contributed by atoms with E-state index in [4.69, 9.17) is 10.8 Å². The molecule has 0 aromatic heterocycles. The molecule has 0 aromatic carbocycles. The molecule has 0 rings (SSSR count). The molecule has 0 saturated heterocycles. The number of hydrogen-bond donors (Lipinski definition) is 2. The van der Waals surface area contributed by atoms with E-state index in [1.807, 2.05) is 0 Å². The number of aliphatic carboxylic acids is 1. The van der Waals surface area contributed by atoms with Crippen molar-refractivity contribution in [1.29, 1.82) is 0 Å². The van der Waals surface area contributed by atoms with Crippen molar-refractivity contribution in [3.05, 3.63) is 0 Å². The van der Waals surface area contributed by atoms with Gasteiger partial charge in [0.05, 0.1) is 0 Å². The summed E-state index contributed by atoms with van der Waals surface area (Å²) in [5.41, 5.74) is 5.30. The van der Waals surface area contributed by atoms with Gasteiger partial charge in [-0.05, 0) is 12.8 Å². The van der Waals surface area contributed by atoms with E-state index in [0.29, 0.717) is 0 Å². The molecule has 0 amide bonds. The molecule has 174 valence electrons. The monoisotopic (exact) mass is 493 g/mol. The molecule has 0 bridgehead atoms. The molecule has 0 fully saturated rings. The summed E-state index contributed by atoms with van der Waals surface area (Å²) in [5, 5.41) is 8.63. The molecule has 0 aromatic rings. The summed E-state index contributed by atoms with van der Waals surface area (Å²) in [4.78, 5) is 33.6. The van der Waals surface area contributed by atoms with Crippen LogP contribution in [0.25, 0.3) is 0 Å². The van der Waals surface area contributed by atoms with Crippen LogP contribution in [0.2, 0.25) is 0 Å². The van der Waals surface area contributed by atoms with E-state index >= 15 is 0 Å². The van der Waals surface area contributed by atoms with Gasteiger partial charge in [0.2, 0.25) is 0 Å². The number of carboxylic acids is 1. The van der Waals surface area contributed by atoms with E-state index in [-0.39, 0.29) is 125 Å². The Kier molecular flexibility index (Phi) is 33.9. The molecule has 0 aliphatic rings. The second-order valence-electron chi connectivity index (χ2n) is 8.03. The van der Waals surface area contributed by atoms with E-state index in [1.54, 1.807) is 0 Å². The summed E-state index contributed by atoms with van der Waals surface area (Å²) >= 11 is 0. The van der Waals surface area contributed by atoms with Crippen molar-refractivity contribution < 1.29 is 130 Å². The van der Waals surface area contributed by atoms with Gasteiger partial charge in [0.1, 0.15) is 6.04 Å². The maximum atomic E-state index is 11.6. The number of hydrogen-bond acceptors (Lipinski definition) is 5. The van der Waals surface area contributed by atoms with Gasteiger partial charge in [0.25, 0.3) is 0 Å². The van der Waals surface area contributed by atoms with Crippen molar-refractivity contribution in [3.63, 3.8) is 0 Å². The van der Waals surface area contributed by atoms with Gasteiger partial charge in [0.15, 0.2) is 0 Å². The first-order valence-corrected chi connectivity index (χ1v) is 11.7. The van der Waals surface area contributed by atoms with Gasteiger partial charge in [-0.15, -0.1) is 0 Å². The number of carbonyl (C=O) groups excluding carboxylic acids is 2. The number of nitrogens with two attached hydrogens (primary N) is 1. The molecule has 0 heterocycles. The molecule has 1 atom stereocenters. The number of unbranched alkanes of at least 4 members (excludes halogenated alkanes) is 14. The van der Waals surface area contributed by atoms with Crippen molar-refractivity contribution in [2.45, 2.75) is 129 Å². The van der Waals surface area contributed by atoms with Gasteiger partial charge in [-0.2, -0.15) is 0 Å². The molecule has 0 spiro atoms. The molecule has 0 radical (unpaired) electrons. The normalized spacial score (nSPS) is 11.2. The predicted octanol–water partition coefficient (Wildman–Crippen LogP) is -0.257. The van der Waals surface area contributed by atoms with Gasteiger partial charge >= 0.3 is 121 Å². The van der Waals surface area contributed by atoms with E-state index in [0.717, 1.165) is 19.3 Å². The maximum Gasteiger partial charge on any atom is 1.00 e. The van der Waals surface area contributed by atoms with Crippen LogP contribution in [0.3, 0.4) is 0 Å². The second-order valence-corrected chi connectivity index (χ2v) is 8.03. The van der Waals surface area contributed by atoms with E-state index in [1.165, 1.54) is 77.0 Å². The second kappa shape index (κ2) is 28.1. The standard InChI is InChI=1S/C23H43NO5.2K.2H/c1-2-3-4-5-6-7-8-9-10-11-12-13-14-15-16-17-21(25)29-22(26)19-18-20(24)23(27)28;;;;/h20H,2-19,24H2,1H3,(H,27,28);;;;/q;2*+1;2*-1/t20-;;;;/m0..../s1. The summed E-state index contributed by atoms with van der Waals surface area (Å²) in [6.45, 7) is 2.25. The van der Waals surface area contributed by atoms with Crippen molar-refractivity contribution in [3.8, 4) is 0 Å². The summed E-state index contributed by atoms with van der Waals surface area (Å²) < 4.78 is 4.67. The Labute approximate surface area is 277 Å². The van der Waals surface area contributed by atoms with Crippen LogP contribution in [0.4, 0.5) is 0 Å². The van der Waals surface area contributed by atoms with Gasteiger partial charge < -0.3 is 18.4 Å². The third kappa shape index (κ3) is 28.0. The fourth-order valence-corrected chi connectivity index (χ4v) is 3.27. The van der Waals surface area contributed by atoms with Crippen LogP contribution in [0.1, 0.15) is 125 Å². The van der Waals surface area contributed by atoms with E-state index in [9.17, 15) is 14.4 Å². The molecular formula is C23H45K2NO5. The zero-order valence-electron chi connectivity index (χ0n) is 22.5. The minimum atomic E-state index is -1.16. The molecule has 0 aliphatic heterocycles. The zero-order valence-corrected chi connectivity index (χ0v) is 26.7. The Balaban J connectivity index is -0.000000653. The molecule has 8 heteroatoms. The Morgan fingerprint density at radius 2 is 1.06 bits per heavy atom. The van der Waals surface area contributed by atoms with Crippen molar-refractivity contribution in [2.24, 2.45) is 5.73 Å². The first-order valence-electron chi connectivity index (χ1n) is 11.7. The minimum Gasteiger partial charge on any atom is -1.00 e. The first-order chi connectivity index (χ1) is 14.0. The summed E-state index contributed by atoms with van der Waals surface area (Å²) in [7, 11) is 0. The zero-order chi connectivity index (χ0) is 21.7. The quantitative estimate of drug-likeness (QED) is 0.105. The van der Waals surface area contributed by atoms with Gasteiger partial charge in [0, 0.05) is 12.8 Å². The average Bonchev–Trinajstić information content (AvgIpc) is 2.68. The number of rotatable bonds is 20. The summed E-state index contributed by atoms with van der Waals surface area (Å²) in [6, 6.07) is -1.10. The Bertz CT molecular complexity index is 461. The summed E-state index contributed by atoms with van der Waals surface area (Å²) in [5.74, 6) is -2.40. The van der Waals surface area contributed by atoms with Gasteiger partial charge in [-0.1, -0.05) is 96.8 Å². The van der Waals surface area contributed by atoms with Crippen LogP contribution in [0.15, 0.2) is 0 Å². The Morgan fingerprint density at radius 1 is 0.710 bits per heavy atom. The van der Waals surface area contributed by atoms with Crippen LogP contribution in [-0.2, 0) is 19.1 Å². The number of carbonyl (C=O) groups is 3. The molecule has 6 nitrogen and oxygen atoms in total. The van der Waals surface area contributed by atoms with Crippen molar-refractivity contribution in [1.82, 2.24) is 0 Å². The Hall–Kier alpha value is 1.84. The van der Waals surface area contributed by atoms with Gasteiger partial charge in [-0.3, -0.25) is 14.4 Å². The van der Waals surface area contributed by atoms with Crippen LogP contribution < -0.4 is 109 Å². The first kappa shape index (κ1) is 37.4. The van der Waals surface area contributed by atoms with Gasteiger partial charge in [-0.25, -0.2) is 0 Å². The van der Waals surface area contributed by atoms with E-state index < -0.39 is 23.9 Å². The third-order valence-electron chi connectivity index (χ3n) is 5.19. The number of carboxylic acid groups (broad SMARTS) is 1. The van der Waals surface area contributed by atoms with Crippen LogP contribution in [0.5, 0.6) is 0 Å². The molecule has 0 saturated carbocycles. The smallest absolute Gasteiger partial charge is 1.00 e. The molecule has 0 aliphatic carbocycles. The van der Waals surface area contributed by atoms with Crippen LogP contribution >= 0.6 is 0 Å². The van der Waals surface area contributed by atoms with Crippen molar-refractivity contribution >= 4 is 17.9 Å². The van der Waals surface area contributed by atoms with E-state index in [2.05, 4.69) is 11.7 Å². The Morgan fingerprint density at radius 3 is 1.45 bits per heavy atom. The van der Waals surface area contributed by atoms with Crippen LogP contribution in [0, 0.1) is 0 Å². The number of ether oxygens (including phenoxy) is 1. The fraction of sp³-hybridized carbons (Fsp3) is 0.870. The van der Waals surface area contributed by atoms with Crippen LogP contribution in [-0.4, -0.2) is 29.1 Å². The third-order valence-corrected chi connectivity index (χ3v) is 5.19. The average molecular weight is 494 g/mol. The summed E-state index contributed by atoms with van der Waals surface area (Å²) in [6.07, 6.45) is 18.9. The molecule has 3 N–H and O–H groups in total.